The van der Waals surface area contributed by atoms with Crippen molar-refractivity contribution < 1.29 is 14.6 Å². The molecule has 0 bridgehead atoms. The van der Waals surface area contributed by atoms with E-state index >= 15 is 0 Å². The zero-order chi connectivity index (χ0) is 16.9. The minimum absolute atomic E-state index is 0.0202. The van der Waals surface area contributed by atoms with E-state index in [4.69, 9.17) is 9.47 Å². The highest BCUT2D eigenvalue weighted by molar-refractivity contribution is 5.36. The first-order valence-corrected chi connectivity index (χ1v) is 8.09. The Kier molecular flexibility index (Phi) is 5.67. The zero-order valence-corrected chi connectivity index (χ0v) is 14.4. The topological polar surface area (TPSA) is 38.7 Å². The van der Waals surface area contributed by atoms with Crippen molar-refractivity contribution in [3.8, 4) is 11.5 Å². The molecule has 0 aliphatic rings. The molecule has 3 nitrogen and oxygen atoms in total. The Labute approximate surface area is 138 Å². The van der Waals surface area contributed by atoms with Crippen LogP contribution in [-0.2, 0) is 5.60 Å². The lowest BCUT2D eigenvalue weighted by atomic mass is 9.74. The minimum Gasteiger partial charge on any atom is -0.497 e. The monoisotopic (exact) mass is 314 g/mol. The van der Waals surface area contributed by atoms with Crippen molar-refractivity contribution in [3.63, 3.8) is 0 Å². The Morgan fingerprint density at radius 1 is 0.870 bits per heavy atom. The van der Waals surface area contributed by atoms with Gasteiger partial charge in [-0.25, -0.2) is 0 Å². The van der Waals surface area contributed by atoms with Crippen LogP contribution in [0, 0.1) is 0 Å². The lowest BCUT2D eigenvalue weighted by Gasteiger charge is -2.36. The summed E-state index contributed by atoms with van der Waals surface area (Å²) in [6, 6.07) is 15.7. The van der Waals surface area contributed by atoms with Crippen LogP contribution in [0.1, 0.15) is 43.7 Å². The van der Waals surface area contributed by atoms with E-state index in [-0.39, 0.29) is 5.92 Å². The van der Waals surface area contributed by atoms with Gasteiger partial charge in [-0.05, 0) is 48.2 Å². The largest absolute Gasteiger partial charge is 0.497 e. The molecule has 124 valence electrons. The molecule has 2 aromatic rings. The third-order valence-electron chi connectivity index (χ3n) is 4.63. The van der Waals surface area contributed by atoms with Crippen LogP contribution in [0.5, 0.6) is 11.5 Å². The van der Waals surface area contributed by atoms with Crippen LogP contribution in [-0.4, -0.2) is 19.3 Å². The van der Waals surface area contributed by atoms with Crippen molar-refractivity contribution in [3.05, 3.63) is 59.7 Å². The Bertz CT molecular complexity index is 604. The molecule has 0 amide bonds. The van der Waals surface area contributed by atoms with E-state index in [9.17, 15) is 5.11 Å². The Morgan fingerprint density at radius 2 is 1.35 bits per heavy atom. The highest BCUT2D eigenvalue weighted by atomic mass is 16.5. The molecule has 0 radical (unpaired) electrons. The third-order valence-corrected chi connectivity index (χ3v) is 4.63. The fourth-order valence-electron chi connectivity index (χ4n) is 3.22. The molecule has 2 rings (SSSR count). The van der Waals surface area contributed by atoms with E-state index in [2.05, 4.69) is 6.92 Å². The predicted octanol–water partition coefficient (Wildman–Crippen LogP) is 4.50. The molecular weight excluding hydrogens is 288 g/mol. The van der Waals surface area contributed by atoms with Crippen molar-refractivity contribution in [1.82, 2.24) is 0 Å². The molecule has 0 unspecified atom stereocenters. The SMILES string of the molecule is CC[C@@H](c1ccc(OC)cc1)[C@](O)(CC)c1ccc(OC)cc1. The summed E-state index contributed by atoms with van der Waals surface area (Å²) in [4.78, 5) is 0. The van der Waals surface area contributed by atoms with Crippen LogP contribution in [0.25, 0.3) is 0 Å². The highest BCUT2D eigenvalue weighted by Gasteiger charge is 2.36. The molecule has 0 saturated carbocycles. The standard InChI is InChI=1S/C20H26O3/c1-5-19(15-7-11-17(22-3)12-8-15)20(21,6-2)16-9-13-18(23-4)14-10-16/h7-14,19,21H,5-6H2,1-4H3/t19-,20-/m0/s1. The molecular formula is C20H26O3. The van der Waals surface area contributed by atoms with Crippen LogP contribution in [0.2, 0.25) is 0 Å². The molecule has 23 heavy (non-hydrogen) atoms. The summed E-state index contributed by atoms with van der Waals surface area (Å²) in [5, 5.41) is 11.4. The van der Waals surface area contributed by atoms with E-state index < -0.39 is 5.60 Å². The molecule has 0 aromatic heterocycles. The third kappa shape index (κ3) is 3.50. The first-order valence-electron chi connectivity index (χ1n) is 8.09. The molecule has 0 saturated heterocycles. The van der Waals surface area contributed by atoms with Gasteiger partial charge in [-0.1, -0.05) is 38.1 Å². The van der Waals surface area contributed by atoms with Crippen molar-refractivity contribution in [2.75, 3.05) is 14.2 Å². The normalized spacial score (nSPS) is 14.8. The summed E-state index contributed by atoms with van der Waals surface area (Å²) < 4.78 is 10.4. The summed E-state index contributed by atoms with van der Waals surface area (Å²) >= 11 is 0. The Morgan fingerprint density at radius 3 is 1.74 bits per heavy atom. The Balaban J connectivity index is 2.40. The van der Waals surface area contributed by atoms with Crippen molar-refractivity contribution in [2.45, 2.75) is 38.2 Å². The predicted molar refractivity (Wildman–Crippen MR) is 93.2 cm³/mol. The second-order valence-corrected chi connectivity index (χ2v) is 5.74. The van der Waals surface area contributed by atoms with Gasteiger partial charge in [0.1, 0.15) is 11.5 Å². The fourth-order valence-corrected chi connectivity index (χ4v) is 3.22. The molecule has 3 heteroatoms. The highest BCUT2D eigenvalue weighted by Crippen LogP contribution is 2.42. The second-order valence-electron chi connectivity index (χ2n) is 5.74. The van der Waals surface area contributed by atoms with Gasteiger partial charge in [0, 0.05) is 5.92 Å². The number of rotatable bonds is 7. The molecule has 2 atom stereocenters. The number of ether oxygens (including phenoxy) is 2. The van der Waals surface area contributed by atoms with E-state index in [1.807, 2.05) is 55.5 Å². The van der Waals surface area contributed by atoms with Gasteiger partial charge in [0.15, 0.2) is 0 Å². The molecule has 0 spiro atoms. The summed E-state index contributed by atoms with van der Waals surface area (Å²) in [7, 11) is 3.30. The second kappa shape index (κ2) is 7.51. The van der Waals surface area contributed by atoms with Gasteiger partial charge >= 0.3 is 0 Å². The number of hydrogen-bond acceptors (Lipinski definition) is 3. The van der Waals surface area contributed by atoms with Crippen LogP contribution in [0.3, 0.4) is 0 Å². The average molecular weight is 314 g/mol. The summed E-state index contributed by atoms with van der Waals surface area (Å²) in [5.74, 6) is 1.64. The average Bonchev–Trinajstić information content (AvgIpc) is 2.62. The Hall–Kier alpha value is -2.00. The zero-order valence-electron chi connectivity index (χ0n) is 14.4. The number of benzene rings is 2. The van der Waals surface area contributed by atoms with E-state index in [1.165, 1.54) is 0 Å². The van der Waals surface area contributed by atoms with Gasteiger partial charge < -0.3 is 14.6 Å². The lowest BCUT2D eigenvalue weighted by Crippen LogP contribution is -2.32. The van der Waals surface area contributed by atoms with Crippen molar-refractivity contribution in [2.24, 2.45) is 0 Å². The molecule has 0 aliphatic heterocycles. The summed E-state index contributed by atoms with van der Waals surface area (Å²) in [6.45, 7) is 4.13. The fraction of sp³-hybridized carbons (Fsp3) is 0.400. The van der Waals surface area contributed by atoms with Crippen LogP contribution in [0.4, 0.5) is 0 Å². The van der Waals surface area contributed by atoms with Gasteiger partial charge in [-0.2, -0.15) is 0 Å². The van der Waals surface area contributed by atoms with Crippen LogP contribution < -0.4 is 9.47 Å². The van der Waals surface area contributed by atoms with Gasteiger partial charge in [0.25, 0.3) is 0 Å². The maximum absolute atomic E-state index is 11.4. The van der Waals surface area contributed by atoms with Crippen molar-refractivity contribution in [1.29, 1.82) is 0 Å². The van der Waals surface area contributed by atoms with E-state index in [0.717, 1.165) is 29.0 Å². The van der Waals surface area contributed by atoms with Gasteiger partial charge in [-0.3, -0.25) is 0 Å². The van der Waals surface area contributed by atoms with Crippen LogP contribution >= 0.6 is 0 Å². The number of aliphatic hydroxyl groups is 1. The van der Waals surface area contributed by atoms with Crippen LogP contribution in [0.15, 0.2) is 48.5 Å². The lowest BCUT2D eigenvalue weighted by molar-refractivity contribution is 0.00143. The minimum atomic E-state index is -0.907. The smallest absolute Gasteiger partial charge is 0.118 e. The molecule has 0 aliphatic carbocycles. The van der Waals surface area contributed by atoms with Gasteiger partial charge in [0.05, 0.1) is 19.8 Å². The quantitative estimate of drug-likeness (QED) is 0.818. The summed E-state index contributed by atoms with van der Waals surface area (Å²) in [5.41, 5.74) is 1.13. The van der Waals surface area contributed by atoms with E-state index in [0.29, 0.717) is 6.42 Å². The first kappa shape index (κ1) is 17.4. The number of hydrogen-bond donors (Lipinski definition) is 1. The molecule has 2 aromatic carbocycles. The van der Waals surface area contributed by atoms with Crippen molar-refractivity contribution >= 4 is 0 Å². The molecule has 1 N–H and O–H groups in total. The first-order chi connectivity index (χ1) is 11.1. The van der Waals surface area contributed by atoms with Gasteiger partial charge in [0.2, 0.25) is 0 Å². The van der Waals surface area contributed by atoms with E-state index in [1.54, 1.807) is 14.2 Å². The number of methoxy groups -OCH3 is 2. The van der Waals surface area contributed by atoms with Gasteiger partial charge in [-0.15, -0.1) is 0 Å². The maximum atomic E-state index is 11.4. The summed E-state index contributed by atoms with van der Waals surface area (Å²) in [6.07, 6.45) is 1.49. The molecule has 0 heterocycles. The maximum Gasteiger partial charge on any atom is 0.118 e. The molecule has 0 fully saturated rings.